The van der Waals surface area contributed by atoms with Gasteiger partial charge in [-0.2, -0.15) is 0 Å². The number of imidazole rings is 1. The van der Waals surface area contributed by atoms with Gasteiger partial charge in [0.2, 0.25) is 0 Å². The molecule has 1 N–H and O–H groups in total. The number of methoxy groups -OCH3 is 2. The highest BCUT2D eigenvalue weighted by molar-refractivity contribution is 5.92. The van der Waals surface area contributed by atoms with E-state index in [-0.39, 0.29) is 5.56 Å². The fraction of sp³-hybridized carbons (Fsp3) is 0.263. The molecule has 0 saturated heterocycles. The van der Waals surface area contributed by atoms with Crippen LogP contribution in [-0.4, -0.2) is 34.8 Å². The molecule has 0 fully saturated rings. The van der Waals surface area contributed by atoms with E-state index in [0.29, 0.717) is 17.0 Å². The highest BCUT2D eigenvalue weighted by Gasteiger charge is 2.11. The molecule has 1 heterocycles. The summed E-state index contributed by atoms with van der Waals surface area (Å²) >= 11 is 0. The first-order valence-electron chi connectivity index (χ1n) is 7.94. The van der Waals surface area contributed by atoms with Gasteiger partial charge in [-0.3, -0.25) is 0 Å². The van der Waals surface area contributed by atoms with Crippen LogP contribution in [0.1, 0.15) is 21.7 Å². The molecule has 0 saturated carbocycles. The Labute approximate surface area is 145 Å². The standard InChI is InChI=1S/C19H20N2O4/c1-12-20-15-11-14(19(22)23)5-6-16(15)21(12)9-8-13-4-7-17(24-2)18(10-13)25-3/h4-7,10-11H,8-9H2,1-3H3,(H,22,23). The maximum atomic E-state index is 11.1. The lowest BCUT2D eigenvalue weighted by Gasteiger charge is -2.11. The molecule has 6 nitrogen and oxygen atoms in total. The maximum absolute atomic E-state index is 11.1. The highest BCUT2D eigenvalue weighted by Crippen LogP contribution is 2.28. The molecule has 2 aromatic carbocycles. The molecule has 0 bridgehead atoms. The minimum absolute atomic E-state index is 0.247. The van der Waals surface area contributed by atoms with Crippen molar-refractivity contribution in [2.24, 2.45) is 0 Å². The summed E-state index contributed by atoms with van der Waals surface area (Å²) in [6.07, 6.45) is 0.799. The molecule has 1 aromatic heterocycles. The fourth-order valence-corrected chi connectivity index (χ4v) is 2.94. The van der Waals surface area contributed by atoms with Crippen molar-refractivity contribution >= 4 is 17.0 Å². The molecule has 0 aliphatic carbocycles. The van der Waals surface area contributed by atoms with E-state index in [1.165, 1.54) is 0 Å². The lowest BCUT2D eigenvalue weighted by atomic mass is 10.1. The molecule has 0 spiro atoms. The topological polar surface area (TPSA) is 73.6 Å². The predicted molar refractivity (Wildman–Crippen MR) is 94.7 cm³/mol. The van der Waals surface area contributed by atoms with Gasteiger partial charge in [-0.1, -0.05) is 6.07 Å². The van der Waals surface area contributed by atoms with Gasteiger partial charge in [0.1, 0.15) is 5.82 Å². The van der Waals surface area contributed by atoms with Crippen LogP contribution in [0.15, 0.2) is 36.4 Å². The van der Waals surface area contributed by atoms with Crippen molar-refractivity contribution in [3.8, 4) is 11.5 Å². The summed E-state index contributed by atoms with van der Waals surface area (Å²) in [6.45, 7) is 2.67. The van der Waals surface area contributed by atoms with Crippen molar-refractivity contribution in [2.45, 2.75) is 19.9 Å². The van der Waals surface area contributed by atoms with E-state index in [4.69, 9.17) is 14.6 Å². The lowest BCUT2D eigenvalue weighted by Crippen LogP contribution is -2.04. The van der Waals surface area contributed by atoms with Gasteiger partial charge >= 0.3 is 5.97 Å². The van der Waals surface area contributed by atoms with Crippen LogP contribution in [0.4, 0.5) is 0 Å². The zero-order valence-electron chi connectivity index (χ0n) is 14.4. The first-order valence-corrected chi connectivity index (χ1v) is 7.94. The summed E-state index contributed by atoms with van der Waals surface area (Å²) in [7, 11) is 3.24. The van der Waals surface area contributed by atoms with Gasteiger partial charge in [0, 0.05) is 6.54 Å². The minimum Gasteiger partial charge on any atom is -0.493 e. The van der Waals surface area contributed by atoms with Gasteiger partial charge in [0.25, 0.3) is 0 Å². The molecule has 0 aliphatic heterocycles. The van der Waals surface area contributed by atoms with Crippen molar-refractivity contribution in [1.29, 1.82) is 0 Å². The Hall–Kier alpha value is -3.02. The van der Waals surface area contributed by atoms with Gasteiger partial charge in [-0.15, -0.1) is 0 Å². The number of carbonyl (C=O) groups is 1. The number of nitrogens with zero attached hydrogens (tertiary/aromatic N) is 2. The number of fused-ring (bicyclic) bond motifs is 1. The summed E-state index contributed by atoms with van der Waals surface area (Å²) in [5.74, 6) is 1.33. The van der Waals surface area contributed by atoms with E-state index in [1.54, 1.807) is 26.4 Å². The van der Waals surface area contributed by atoms with E-state index < -0.39 is 5.97 Å². The first-order chi connectivity index (χ1) is 12.0. The molecule has 0 amide bonds. The van der Waals surface area contributed by atoms with E-state index in [0.717, 1.165) is 29.9 Å². The number of aromatic carboxylic acids is 1. The summed E-state index contributed by atoms with van der Waals surface area (Å²) in [5.41, 5.74) is 3.01. The highest BCUT2D eigenvalue weighted by atomic mass is 16.5. The molecular formula is C19H20N2O4. The number of rotatable bonds is 6. The van der Waals surface area contributed by atoms with Crippen LogP contribution in [0.3, 0.4) is 0 Å². The van der Waals surface area contributed by atoms with Gasteiger partial charge in [-0.25, -0.2) is 9.78 Å². The van der Waals surface area contributed by atoms with Crippen LogP contribution in [0.25, 0.3) is 11.0 Å². The molecule has 130 valence electrons. The number of benzene rings is 2. The van der Waals surface area contributed by atoms with Crippen LogP contribution in [0.5, 0.6) is 11.5 Å². The fourth-order valence-electron chi connectivity index (χ4n) is 2.94. The molecular weight excluding hydrogens is 320 g/mol. The Morgan fingerprint density at radius 3 is 2.56 bits per heavy atom. The van der Waals surface area contributed by atoms with Gasteiger partial charge < -0.3 is 19.1 Å². The average Bonchev–Trinajstić information content (AvgIpc) is 2.93. The van der Waals surface area contributed by atoms with Gasteiger partial charge in [-0.05, 0) is 49.2 Å². The van der Waals surface area contributed by atoms with Gasteiger partial charge in [0.05, 0.1) is 30.8 Å². The maximum Gasteiger partial charge on any atom is 0.335 e. The second-order valence-electron chi connectivity index (χ2n) is 5.76. The van der Waals surface area contributed by atoms with E-state index >= 15 is 0 Å². The second-order valence-corrected chi connectivity index (χ2v) is 5.76. The Balaban J connectivity index is 1.86. The lowest BCUT2D eigenvalue weighted by molar-refractivity contribution is 0.0697. The molecule has 0 unspecified atom stereocenters. The van der Waals surface area contributed by atoms with Crippen LogP contribution in [-0.2, 0) is 13.0 Å². The van der Waals surface area contributed by atoms with Crippen LogP contribution < -0.4 is 9.47 Å². The zero-order chi connectivity index (χ0) is 18.0. The summed E-state index contributed by atoms with van der Waals surface area (Å²) in [5, 5.41) is 9.11. The minimum atomic E-state index is -0.945. The second kappa shape index (κ2) is 6.84. The molecule has 3 rings (SSSR count). The number of ether oxygens (including phenoxy) is 2. The third-order valence-electron chi connectivity index (χ3n) is 4.26. The Kier molecular flexibility index (Phi) is 4.61. The molecule has 3 aromatic rings. The van der Waals surface area contributed by atoms with Crippen molar-refractivity contribution in [2.75, 3.05) is 14.2 Å². The Morgan fingerprint density at radius 1 is 1.12 bits per heavy atom. The van der Waals surface area contributed by atoms with Crippen LogP contribution in [0.2, 0.25) is 0 Å². The Morgan fingerprint density at radius 2 is 1.88 bits per heavy atom. The van der Waals surface area contributed by atoms with Gasteiger partial charge in [0.15, 0.2) is 11.5 Å². The molecule has 25 heavy (non-hydrogen) atoms. The van der Waals surface area contributed by atoms with E-state index in [1.807, 2.05) is 31.2 Å². The summed E-state index contributed by atoms with van der Waals surface area (Å²) < 4.78 is 12.7. The average molecular weight is 340 g/mol. The van der Waals surface area contributed by atoms with Crippen molar-refractivity contribution in [3.63, 3.8) is 0 Å². The number of carboxylic acid groups (broad SMARTS) is 1. The third kappa shape index (κ3) is 3.28. The van der Waals surface area contributed by atoms with Crippen molar-refractivity contribution < 1.29 is 19.4 Å². The van der Waals surface area contributed by atoms with Crippen LogP contribution in [0, 0.1) is 6.92 Å². The normalized spacial score (nSPS) is 10.8. The number of aryl methyl sites for hydroxylation is 3. The van der Waals surface area contributed by atoms with Crippen LogP contribution >= 0.6 is 0 Å². The van der Waals surface area contributed by atoms with E-state index in [9.17, 15) is 4.79 Å². The number of aromatic nitrogens is 2. The summed E-state index contributed by atoms with van der Waals surface area (Å²) in [6, 6.07) is 10.9. The SMILES string of the molecule is COc1ccc(CCn2c(C)nc3cc(C(=O)O)ccc32)cc1OC. The smallest absolute Gasteiger partial charge is 0.335 e. The largest absolute Gasteiger partial charge is 0.493 e. The molecule has 6 heteroatoms. The first kappa shape index (κ1) is 16.8. The monoisotopic (exact) mass is 340 g/mol. The number of hydrogen-bond donors (Lipinski definition) is 1. The Bertz CT molecular complexity index is 931. The predicted octanol–water partition coefficient (Wildman–Crippen LogP) is 3.30. The van der Waals surface area contributed by atoms with Crippen molar-refractivity contribution in [3.05, 3.63) is 53.3 Å². The molecule has 0 atom stereocenters. The van der Waals surface area contributed by atoms with E-state index in [2.05, 4.69) is 9.55 Å². The molecule has 0 aliphatic rings. The zero-order valence-corrected chi connectivity index (χ0v) is 14.4. The number of hydrogen-bond acceptors (Lipinski definition) is 4. The summed E-state index contributed by atoms with van der Waals surface area (Å²) in [4.78, 5) is 15.6. The molecule has 0 radical (unpaired) electrons. The third-order valence-corrected chi connectivity index (χ3v) is 4.26. The number of carboxylic acids is 1. The quantitative estimate of drug-likeness (QED) is 0.745. The van der Waals surface area contributed by atoms with Crippen molar-refractivity contribution in [1.82, 2.24) is 9.55 Å².